The molecule has 0 fully saturated rings. The second-order valence-electron chi connectivity index (χ2n) is 4.14. The van der Waals surface area contributed by atoms with Crippen LogP contribution in [0.1, 0.15) is 21.7 Å². The van der Waals surface area contributed by atoms with Gasteiger partial charge in [0.1, 0.15) is 12.0 Å². The normalized spacial score (nSPS) is 10.3. The van der Waals surface area contributed by atoms with Gasteiger partial charge in [0.15, 0.2) is 0 Å². The van der Waals surface area contributed by atoms with Gasteiger partial charge in [0.25, 0.3) is 5.91 Å². The molecule has 1 heterocycles. The molecule has 1 aromatic carbocycles. The van der Waals surface area contributed by atoms with Crippen molar-refractivity contribution in [1.82, 2.24) is 0 Å². The Labute approximate surface area is 106 Å². The van der Waals surface area contributed by atoms with Gasteiger partial charge in [0.05, 0.1) is 5.56 Å². The number of benzene rings is 1. The van der Waals surface area contributed by atoms with E-state index < -0.39 is 0 Å². The van der Waals surface area contributed by atoms with Crippen LogP contribution in [0.5, 0.6) is 0 Å². The fraction of sp³-hybridized carbons (Fsp3) is 0.214. The van der Waals surface area contributed by atoms with E-state index in [1.165, 1.54) is 6.26 Å². The molecular weight excluding hydrogens is 228 g/mol. The van der Waals surface area contributed by atoms with Crippen molar-refractivity contribution in [3.63, 3.8) is 0 Å². The number of amides is 1. The van der Waals surface area contributed by atoms with Crippen molar-refractivity contribution in [2.45, 2.75) is 13.3 Å². The van der Waals surface area contributed by atoms with E-state index in [0.717, 1.165) is 23.4 Å². The minimum Gasteiger partial charge on any atom is -0.469 e. The zero-order valence-corrected chi connectivity index (χ0v) is 10.3. The number of nitrogens with two attached hydrogens (primary N) is 1. The van der Waals surface area contributed by atoms with Gasteiger partial charge < -0.3 is 15.5 Å². The van der Waals surface area contributed by atoms with E-state index >= 15 is 0 Å². The van der Waals surface area contributed by atoms with E-state index in [4.69, 9.17) is 10.2 Å². The molecule has 4 heteroatoms. The highest BCUT2D eigenvalue weighted by molar-refractivity contribution is 6.04. The van der Waals surface area contributed by atoms with Crippen LogP contribution in [0.25, 0.3) is 0 Å². The minimum atomic E-state index is -0.168. The summed E-state index contributed by atoms with van der Waals surface area (Å²) in [7, 11) is 0. The quantitative estimate of drug-likeness (QED) is 0.867. The van der Waals surface area contributed by atoms with Crippen LogP contribution < -0.4 is 11.1 Å². The van der Waals surface area contributed by atoms with Crippen LogP contribution in [0.2, 0.25) is 0 Å². The van der Waals surface area contributed by atoms with Crippen molar-refractivity contribution in [2.24, 2.45) is 5.73 Å². The third-order valence-corrected chi connectivity index (χ3v) is 2.64. The highest BCUT2D eigenvalue weighted by atomic mass is 16.3. The Balaban J connectivity index is 2.03. The van der Waals surface area contributed by atoms with Crippen molar-refractivity contribution in [2.75, 3.05) is 11.9 Å². The Hall–Kier alpha value is -2.07. The van der Waals surface area contributed by atoms with Crippen LogP contribution >= 0.6 is 0 Å². The second kappa shape index (κ2) is 5.51. The Morgan fingerprint density at radius 3 is 2.61 bits per heavy atom. The van der Waals surface area contributed by atoms with Crippen molar-refractivity contribution < 1.29 is 9.21 Å². The summed E-state index contributed by atoms with van der Waals surface area (Å²) in [5.41, 5.74) is 7.93. The van der Waals surface area contributed by atoms with Gasteiger partial charge in [0.2, 0.25) is 0 Å². The molecular formula is C14H16N2O2. The van der Waals surface area contributed by atoms with E-state index in [1.54, 1.807) is 13.0 Å². The Morgan fingerprint density at radius 1 is 1.33 bits per heavy atom. The summed E-state index contributed by atoms with van der Waals surface area (Å²) >= 11 is 0. The fourth-order valence-electron chi connectivity index (χ4n) is 1.69. The number of nitrogens with one attached hydrogen (secondary N) is 1. The summed E-state index contributed by atoms with van der Waals surface area (Å²) in [4.78, 5) is 11.8. The Bertz CT molecular complexity index is 529. The molecule has 1 aromatic heterocycles. The fourth-order valence-corrected chi connectivity index (χ4v) is 1.69. The van der Waals surface area contributed by atoms with Crippen LogP contribution in [-0.2, 0) is 6.42 Å². The first kappa shape index (κ1) is 12.4. The number of rotatable bonds is 4. The summed E-state index contributed by atoms with van der Waals surface area (Å²) in [6.45, 7) is 2.43. The average Bonchev–Trinajstić information content (AvgIpc) is 2.79. The first-order valence-electron chi connectivity index (χ1n) is 5.84. The van der Waals surface area contributed by atoms with Gasteiger partial charge >= 0.3 is 0 Å². The predicted octanol–water partition coefficient (Wildman–Crippen LogP) is 2.34. The van der Waals surface area contributed by atoms with Crippen LogP contribution in [-0.4, -0.2) is 12.5 Å². The smallest absolute Gasteiger partial charge is 0.258 e. The minimum absolute atomic E-state index is 0.168. The summed E-state index contributed by atoms with van der Waals surface area (Å²) in [6.07, 6.45) is 2.29. The number of carbonyl (C=O) groups is 1. The van der Waals surface area contributed by atoms with Gasteiger partial charge in [0, 0.05) is 5.69 Å². The van der Waals surface area contributed by atoms with Crippen LogP contribution in [0.15, 0.2) is 41.0 Å². The molecule has 4 nitrogen and oxygen atoms in total. The zero-order valence-electron chi connectivity index (χ0n) is 10.3. The molecule has 0 radical (unpaired) electrons. The molecule has 0 saturated heterocycles. The third-order valence-electron chi connectivity index (χ3n) is 2.64. The molecule has 18 heavy (non-hydrogen) atoms. The van der Waals surface area contributed by atoms with E-state index in [-0.39, 0.29) is 5.91 Å². The van der Waals surface area contributed by atoms with Gasteiger partial charge in [-0.3, -0.25) is 4.79 Å². The molecule has 0 aliphatic carbocycles. The average molecular weight is 244 g/mol. The number of aryl methyl sites for hydroxylation is 1. The predicted molar refractivity (Wildman–Crippen MR) is 70.6 cm³/mol. The highest BCUT2D eigenvalue weighted by Gasteiger charge is 2.08. The third kappa shape index (κ3) is 2.99. The van der Waals surface area contributed by atoms with Crippen molar-refractivity contribution in [3.05, 3.63) is 53.5 Å². The second-order valence-corrected chi connectivity index (χ2v) is 4.14. The maximum Gasteiger partial charge on any atom is 0.258 e. The van der Waals surface area contributed by atoms with Crippen molar-refractivity contribution in [3.8, 4) is 0 Å². The van der Waals surface area contributed by atoms with Gasteiger partial charge in [-0.25, -0.2) is 0 Å². The number of hydrogen-bond donors (Lipinski definition) is 2. The topological polar surface area (TPSA) is 68.3 Å². The Kier molecular flexibility index (Phi) is 3.79. The number of hydrogen-bond acceptors (Lipinski definition) is 3. The molecule has 2 aromatic rings. The summed E-state index contributed by atoms with van der Waals surface area (Å²) in [5.74, 6) is 0.553. The number of furan rings is 1. The lowest BCUT2D eigenvalue weighted by Crippen LogP contribution is -2.11. The molecule has 0 bridgehead atoms. The van der Waals surface area contributed by atoms with Gasteiger partial charge in [-0.15, -0.1) is 0 Å². The SMILES string of the molecule is Cc1cc(C(=O)Nc2ccc(CCN)cc2)co1. The zero-order chi connectivity index (χ0) is 13.0. The molecule has 0 unspecified atom stereocenters. The van der Waals surface area contributed by atoms with Gasteiger partial charge in [-0.1, -0.05) is 12.1 Å². The van der Waals surface area contributed by atoms with Crippen molar-refractivity contribution in [1.29, 1.82) is 0 Å². The Morgan fingerprint density at radius 2 is 2.06 bits per heavy atom. The molecule has 0 aliphatic rings. The van der Waals surface area contributed by atoms with E-state index in [9.17, 15) is 4.79 Å². The van der Waals surface area contributed by atoms with Crippen molar-refractivity contribution >= 4 is 11.6 Å². The van der Waals surface area contributed by atoms with E-state index in [1.807, 2.05) is 24.3 Å². The molecule has 3 N–H and O–H groups in total. The van der Waals surface area contributed by atoms with E-state index in [2.05, 4.69) is 5.32 Å². The standard InChI is InChI=1S/C14H16N2O2/c1-10-8-12(9-18-10)14(17)16-13-4-2-11(3-5-13)6-7-15/h2-5,8-9H,6-7,15H2,1H3,(H,16,17). The summed E-state index contributed by atoms with van der Waals surface area (Å²) < 4.78 is 5.10. The maximum atomic E-state index is 11.8. The first-order valence-corrected chi connectivity index (χ1v) is 5.84. The lowest BCUT2D eigenvalue weighted by Gasteiger charge is -2.04. The molecule has 2 rings (SSSR count). The molecule has 0 spiro atoms. The first-order chi connectivity index (χ1) is 8.69. The van der Waals surface area contributed by atoms with Gasteiger partial charge in [-0.05, 0) is 43.7 Å². The molecule has 94 valence electrons. The summed E-state index contributed by atoms with van der Waals surface area (Å²) in [6, 6.07) is 9.37. The lowest BCUT2D eigenvalue weighted by molar-refractivity contribution is 0.102. The number of anilines is 1. The van der Waals surface area contributed by atoms with Crippen LogP contribution in [0, 0.1) is 6.92 Å². The summed E-state index contributed by atoms with van der Waals surface area (Å²) in [5, 5.41) is 2.81. The molecule has 0 aliphatic heterocycles. The van der Waals surface area contributed by atoms with Gasteiger partial charge in [-0.2, -0.15) is 0 Å². The highest BCUT2D eigenvalue weighted by Crippen LogP contribution is 2.13. The lowest BCUT2D eigenvalue weighted by atomic mass is 10.1. The molecule has 1 amide bonds. The molecule has 0 atom stereocenters. The molecule has 0 saturated carbocycles. The maximum absolute atomic E-state index is 11.8. The number of carbonyl (C=O) groups excluding carboxylic acids is 1. The van der Waals surface area contributed by atoms with Crippen LogP contribution in [0.3, 0.4) is 0 Å². The largest absolute Gasteiger partial charge is 0.469 e. The monoisotopic (exact) mass is 244 g/mol. The van der Waals surface area contributed by atoms with E-state index in [0.29, 0.717) is 12.1 Å². The van der Waals surface area contributed by atoms with Crippen LogP contribution in [0.4, 0.5) is 5.69 Å².